The summed E-state index contributed by atoms with van der Waals surface area (Å²) in [6.07, 6.45) is 0. The highest BCUT2D eigenvalue weighted by atomic mass is 35.6. The largest absolute Gasteiger partial charge is 0.618 e. The Morgan fingerprint density at radius 2 is 1.27 bits per heavy atom. The predicted molar refractivity (Wildman–Crippen MR) is 53.4 cm³/mol. The van der Waals surface area contributed by atoms with Gasteiger partial charge in [-0.1, -0.05) is 24.3 Å². The summed E-state index contributed by atoms with van der Waals surface area (Å²) in [5.74, 6) is 0. The van der Waals surface area contributed by atoms with Gasteiger partial charge in [0.05, 0.1) is 0 Å². The van der Waals surface area contributed by atoms with Crippen molar-refractivity contribution >= 4 is 36.3 Å². The lowest BCUT2D eigenvalue weighted by molar-refractivity contribution is 1.34. The smallest absolute Gasteiger partial charge is 0.309 e. The van der Waals surface area contributed by atoms with E-state index in [2.05, 4.69) is 38.1 Å². The Labute approximate surface area is 85.2 Å². The number of hydrogen-bond donors (Lipinski definition) is 0. The van der Waals surface area contributed by atoms with Crippen LogP contribution in [0.25, 0.3) is 0 Å². The molecule has 0 saturated carbocycles. The number of halogens is 2. The lowest BCUT2D eigenvalue weighted by atomic mass is 10.1. The van der Waals surface area contributed by atoms with Gasteiger partial charge >= 0.3 is 18.2 Å². The van der Waals surface area contributed by atoms with Crippen LogP contribution in [0.5, 0.6) is 0 Å². The van der Waals surface area contributed by atoms with Gasteiger partial charge in [-0.3, -0.25) is 0 Å². The molecule has 1 aromatic rings. The van der Waals surface area contributed by atoms with E-state index in [1.165, 1.54) is 11.1 Å². The molecule has 0 bridgehead atoms. The first-order valence-corrected chi connectivity index (χ1v) is 7.64. The summed E-state index contributed by atoms with van der Waals surface area (Å²) in [6.45, 7) is 4.24. The van der Waals surface area contributed by atoms with Crippen LogP contribution in [-0.4, -0.2) is 18.2 Å². The van der Waals surface area contributed by atoms with E-state index in [0.717, 1.165) is 0 Å². The molecule has 0 heterocycles. The number of rotatable bonds is 0. The molecule has 0 radical (unpaired) electrons. The Morgan fingerprint density at radius 3 is 1.45 bits per heavy atom. The van der Waals surface area contributed by atoms with Crippen molar-refractivity contribution in [3.05, 3.63) is 35.4 Å². The molecule has 0 amide bonds. The zero-order valence-corrected chi connectivity index (χ0v) is 9.70. The monoisotopic (exact) mass is 200 g/mol. The van der Waals surface area contributed by atoms with Gasteiger partial charge < -0.3 is 18.1 Å². The number of benzene rings is 1. The van der Waals surface area contributed by atoms with Crippen molar-refractivity contribution in [2.24, 2.45) is 0 Å². The van der Waals surface area contributed by atoms with Crippen LogP contribution in [0, 0.1) is 13.8 Å². The van der Waals surface area contributed by atoms with Crippen molar-refractivity contribution in [1.29, 1.82) is 0 Å². The van der Waals surface area contributed by atoms with Crippen molar-refractivity contribution in [3.8, 4) is 0 Å². The summed E-state index contributed by atoms with van der Waals surface area (Å²) in [7, 11) is 9.81. The Morgan fingerprint density at radius 1 is 1.00 bits per heavy atom. The van der Waals surface area contributed by atoms with Gasteiger partial charge in [-0.15, -0.1) is 0 Å². The van der Waals surface area contributed by atoms with E-state index in [0.29, 0.717) is 0 Å². The lowest BCUT2D eigenvalue weighted by Crippen LogP contribution is -1.74. The summed E-state index contributed by atoms with van der Waals surface area (Å²) < 4.78 is 0. The minimum Gasteiger partial charge on any atom is -0.309 e. The number of hydrogen-bond acceptors (Lipinski definition) is 0. The summed E-state index contributed by atoms with van der Waals surface area (Å²) >= 11 is -0.639. The summed E-state index contributed by atoms with van der Waals surface area (Å²) in [5.41, 5.74) is 2.74. The van der Waals surface area contributed by atoms with Crippen LogP contribution in [0.2, 0.25) is 0 Å². The van der Waals surface area contributed by atoms with Crippen LogP contribution < -0.4 is 0 Å². The van der Waals surface area contributed by atoms with Gasteiger partial charge in [0.15, 0.2) is 0 Å². The van der Waals surface area contributed by atoms with E-state index >= 15 is 0 Å². The lowest BCUT2D eigenvalue weighted by Gasteiger charge is -1.93. The molecule has 0 aromatic heterocycles. The Bertz CT molecular complexity index is 180. The molecule has 1 aromatic carbocycles. The van der Waals surface area contributed by atoms with Gasteiger partial charge in [0.2, 0.25) is 0 Å². The first-order valence-electron chi connectivity index (χ1n) is 3.36. The topological polar surface area (TPSA) is 0 Å². The summed E-state index contributed by atoms with van der Waals surface area (Å²) in [4.78, 5) is 0. The van der Waals surface area contributed by atoms with Crippen molar-refractivity contribution < 1.29 is 0 Å². The second-order valence-electron chi connectivity index (χ2n) is 2.19. The minimum absolute atomic E-state index is 0.639. The molecule has 0 aliphatic heterocycles. The highest BCUT2D eigenvalue weighted by Gasteiger charge is 1.83. The molecule has 3 heteroatoms. The molecular formula is C8H10Cl2Mg. The van der Waals surface area contributed by atoms with Gasteiger partial charge in [-0.2, -0.15) is 0 Å². The van der Waals surface area contributed by atoms with Crippen LogP contribution >= 0.6 is 18.1 Å². The van der Waals surface area contributed by atoms with Crippen LogP contribution in [0.4, 0.5) is 0 Å². The molecule has 58 valence electrons. The van der Waals surface area contributed by atoms with Gasteiger partial charge in [0, 0.05) is 0 Å². The van der Waals surface area contributed by atoms with E-state index in [9.17, 15) is 0 Å². The maximum Gasteiger partial charge on any atom is 0.618 e. The van der Waals surface area contributed by atoms with Gasteiger partial charge in [-0.05, 0) is 25.0 Å². The van der Waals surface area contributed by atoms with Gasteiger partial charge in [-0.25, -0.2) is 0 Å². The molecule has 0 unspecified atom stereocenters. The second kappa shape index (κ2) is 7.23. The van der Waals surface area contributed by atoms with Crippen LogP contribution in [0.15, 0.2) is 24.3 Å². The SMILES string of the molecule is Cc1ccccc1C.[Cl][Mg][Cl]. The second-order valence-corrected chi connectivity index (χ2v) is 4.81. The molecule has 11 heavy (non-hydrogen) atoms. The summed E-state index contributed by atoms with van der Waals surface area (Å²) in [6, 6.07) is 8.36. The average molecular weight is 201 g/mol. The third-order valence-corrected chi connectivity index (χ3v) is 1.43. The van der Waals surface area contributed by atoms with Crippen molar-refractivity contribution in [3.63, 3.8) is 0 Å². The first kappa shape index (κ1) is 11.6. The molecule has 1 rings (SSSR count). The van der Waals surface area contributed by atoms with E-state index in [4.69, 9.17) is 18.1 Å². The maximum atomic E-state index is 4.90. The molecule has 0 saturated heterocycles. The van der Waals surface area contributed by atoms with Gasteiger partial charge in [0.1, 0.15) is 0 Å². The standard InChI is InChI=1S/C8H10.2ClH.Mg/c1-7-5-3-4-6-8(7)2;;;/h3-6H,1-2H3;2*1H;/q;;;+2/p-2. The Kier molecular flexibility index (Phi) is 7.60. The Hall–Kier alpha value is 0.566. The quantitative estimate of drug-likeness (QED) is 0.565. The zero-order chi connectivity index (χ0) is 8.69. The first-order chi connectivity index (χ1) is 5.22. The minimum atomic E-state index is -0.639. The fourth-order valence-corrected chi connectivity index (χ4v) is 0.663. The van der Waals surface area contributed by atoms with Crippen molar-refractivity contribution in [1.82, 2.24) is 0 Å². The third-order valence-electron chi connectivity index (χ3n) is 1.43. The highest BCUT2D eigenvalue weighted by molar-refractivity contribution is 7.22. The van der Waals surface area contributed by atoms with Crippen molar-refractivity contribution in [2.75, 3.05) is 0 Å². The molecule has 0 N–H and O–H groups in total. The van der Waals surface area contributed by atoms with Crippen LogP contribution in [0.1, 0.15) is 11.1 Å². The van der Waals surface area contributed by atoms with E-state index in [-0.39, 0.29) is 0 Å². The highest BCUT2D eigenvalue weighted by Crippen LogP contribution is 2.02. The molecular weight excluding hydrogens is 191 g/mol. The van der Waals surface area contributed by atoms with Crippen LogP contribution in [-0.2, 0) is 0 Å². The fourth-order valence-electron chi connectivity index (χ4n) is 0.663. The average Bonchev–Trinajstić information content (AvgIpc) is 1.97. The van der Waals surface area contributed by atoms with E-state index in [1.54, 1.807) is 0 Å². The Balaban J connectivity index is 0.000000292. The van der Waals surface area contributed by atoms with Gasteiger partial charge in [0.25, 0.3) is 0 Å². The zero-order valence-electron chi connectivity index (χ0n) is 6.77. The molecule has 0 aliphatic carbocycles. The molecule has 0 nitrogen and oxygen atoms in total. The van der Waals surface area contributed by atoms with E-state index < -0.39 is 18.2 Å². The fraction of sp³-hybridized carbons (Fsp3) is 0.250. The van der Waals surface area contributed by atoms with E-state index in [1.807, 2.05) is 0 Å². The van der Waals surface area contributed by atoms with Crippen LogP contribution in [0.3, 0.4) is 0 Å². The molecule has 0 spiro atoms. The molecule has 0 fully saturated rings. The molecule has 0 atom stereocenters. The normalized spacial score (nSPS) is 7.64. The van der Waals surface area contributed by atoms with Crippen molar-refractivity contribution in [2.45, 2.75) is 13.8 Å². The third kappa shape index (κ3) is 5.80. The predicted octanol–water partition coefficient (Wildman–Crippen LogP) is 3.30. The number of aryl methyl sites for hydroxylation is 2. The maximum absolute atomic E-state index is 4.90. The molecule has 0 aliphatic rings. The summed E-state index contributed by atoms with van der Waals surface area (Å²) in [5, 5.41) is 0.